The fourth-order valence-corrected chi connectivity index (χ4v) is 5.06. The Balaban J connectivity index is 1.79. The van der Waals surface area contributed by atoms with Crippen molar-refractivity contribution in [3.63, 3.8) is 0 Å². The fourth-order valence-electron chi connectivity index (χ4n) is 5.06. The third-order valence-electron chi connectivity index (χ3n) is 6.94. The van der Waals surface area contributed by atoms with Gasteiger partial charge >= 0.3 is 0 Å². The molecule has 0 unspecified atom stereocenters. The third-order valence-corrected chi connectivity index (χ3v) is 6.94. The van der Waals surface area contributed by atoms with Gasteiger partial charge in [0.2, 0.25) is 17.6 Å². The summed E-state index contributed by atoms with van der Waals surface area (Å²) in [5.74, 6) is 1.40. The molecule has 8 heteroatoms. The van der Waals surface area contributed by atoms with Gasteiger partial charge in [-0.15, -0.1) is 0 Å². The highest BCUT2D eigenvalue weighted by atomic mass is 16.5. The molecule has 0 spiro atoms. The van der Waals surface area contributed by atoms with Gasteiger partial charge in [0.05, 0.1) is 46.1 Å². The molecule has 8 nitrogen and oxygen atoms in total. The van der Waals surface area contributed by atoms with Gasteiger partial charge in [-0.1, -0.05) is 42.5 Å². The first-order valence-corrected chi connectivity index (χ1v) is 12.5. The van der Waals surface area contributed by atoms with Crippen LogP contribution in [-0.4, -0.2) is 52.2 Å². The summed E-state index contributed by atoms with van der Waals surface area (Å²) in [5.41, 5.74) is 2.44. The average Bonchev–Trinajstić information content (AvgIpc) is 2.96. The van der Waals surface area contributed by atoms with Crippen molar-refractivity contribution in [2.75, 3.05) is 40.4 Å². The van der Waals surface area contributed by atoms with Crippen LogP contribution in [0.3, 0.4) is 0 Å². The molecule has 3 aromatic rings. The van der Waals surface area contributed by atoms with Crippen LogP contribution in [0.25, 0.3) is 0 Å². The summed E-state index contributed by atoms with van der Waals surface area (Å²) in [7, 11) is 8.01. The second-order valence-electron chi connectivity index (χ2n) is 9.19. The first-order valence-electron chi connectivity index (χ1n) is 12.5. The van der Waals surface area contributed by atoms with Gasteiger partial charge in [-0.25, -0.2) is 0 Å². The van der Waals surface area contributed by atoms with Gasteiger partial charge in [0.1, 0.15) is 5.75 Å². The number of carbonyl (C=O) groups excluding carboxylic acids is 2. The van der Waals surface area contributed by atoms with Gasteiger partial charge in [0.15, 0.2) is 11.5 Å². The van der Waals surface area contributed by atoms with E-state index in [1.807, 2.05) is 54.6 Å². The van der Waals surface area contributed by atoms with Crippen LogP contribution in [0.4, 0.5) is 5.69 Å². The Morgan fingerprint density at radius 2 is 1.53 bits per heavy atom. The second kappa shape index (κ2) is 11.9. The lowest BCUT2D eigenvalue weighted by molar-refractivity contribution is -0.137. The highest BCUT2D eigenvalue weighted by Gasteiger charge is 2.43. The molecule has 2 amide bonds. The number of anilines is 1. The van der Waals surface area contributed by atoms with Crippen molar-refractivity contribution in [2.45, 2.75) is 25.4 Å². The molecule has 0 aliphatic carbocycles. The van der Waals surface area contributed by atoms with Gasteiger partial charge in [-0.05, 0) is 29.7 Å². The molecular weight excluding hydrogens is 484 g/mol. The van der Waals surface area contributed by atoms with Gasteiger partial charge < -0.3 is 28.7 Å². The molecule has 4 rings (SSSR count). The van der Waals surface area contributed by atoms with Gasteiger partial charge in [-0.2, -0.15) is 0 Å². The van der Waals surface area contributed by atoms with E-state index in [0.717, 1.165) is 11.1 Å². The minimum Gasteiger partial charge on any atom is -0.497 e. The van der Waals surface area contributed by atoms with Crippen LogP contribution in [0.2, 0.25) is 0 Å². The van der Waals surface area contributed by atoms with Crippen molar-refractivity contribution in [3.8, 4) is 23.0 Å². The zero-order valence-electron chi connectivity index (χ0n) is 22.5. The van der Waals surface area contributed by atoms with Crippen LogP contribution in [-0.2, 0) is 16.1 Å². The third kappa shape index (κ3) is 5.39. The van der Waals surface area contributed by atoms with E-state index in [1.165, 1.54) is 21.3 Å². The molecule has 0 bridgehead atoms. The number of hydrogen-bond donors (Lipinski definition) is 0. The number of methoxy groups -OCH3 is 4. The van der Waals surface area contributed by atoms with E-state index in [1.54, 1.807) is 36.1 Å². The number of piperidine rings is 1. The summed E-state index contributed by atoms with van der Waals surface area (Å²) < 4.78 is 22.0. The number of benzene rings is 3. The molecule has 0 saturated carbocycles. The smallest absolute Gasteiger partial charge is 0.228 e. The molecule has 0 N–H and O–H groups in total. The van der Waals surface area contributed by atoms with E-state index in [-0.39, 0.29) is 18.2 Å². The fraction of sp³-hybridized carbons (Fsp3) is 0.333. The zero-order chi connectivity index (χ0) is 27.2. The summed E-state index contributed by atoms with van der Waals surface area (Å²) in [6.45, 7) is 0.476. The lowest BCUT2D eigenvalue weighted by Gasteiger charge is -2.42. The van der Waals surface area contributed by atoms with Gasteiger partial charge in [0.25, 0.3) is 0 Å². The number of amides is 2. The normalized spacial score (nSPS) is 17.1. The standard InChI is InChI=1S/C30H34N2O6/c1-31(19-20-9-7-6-8-10-20)30(34)24-15-16-27(33)32(28(24)21-11-13-23(35-2)14-12-21)22-17-25(36-3)29(38-5)26(18-22)37-4/h6-14,17-18,24,28H,15-16,19H2,1-5H3/t24-,28-/m0/s1. The van der Waals surface area contributed by atoms with E-state index in [0.29, 0.717) is 41.7 Å². The van der Waals surface area contributed by atoms with Crippen molar-refractivity contribution < 1.29 is 28.5 Å². The van der Waals surface area contributed by atoms with Crippen LogP contribution in [0.15, 0.2) is 66.7 Å². The number of ether oxygens (including phenoxy) is 4. The van der Waals surface area contributed by atoms with Crippen molar-refractivity contribution in [1.29, 1.82) is 0 Å². The molecule has 1 heterocycles. The molecule has 0 radical (unpaired) electrons. The maximum atomic E-state index is 13.9. The maximum Gasteiger partial charge on any atom is 0.228 e. The zero-order valence-corrected chi connectivity index (χ0v) is 22.5. The molecule has 1 aliphatic rings. The Morgan fingerprint density at radius 1 is 0.895 bits per heavy atom. The maximum absolute atomic E-state index is 13.9. The van der Waals surface area contributed by atoms with Crippen LogP contribution >= 0.6 is 0 Å². The molecule has 1 aliphatic heterocycles. The predicted molar refractivity (Wildman–Crippen MR) is 145 cm³/mol. The van der Waals surface area contributed by atoms with Crippen molar-refractivity contribution in [2.24, 2.45) is 5.92 Å². The van der Waals surface area contributed by atoms with Crippen LogP contribution in [0.5, 0.6) is 23.0 Å². The predicted octanol–water partition coefficient (Wildman–Crippen LogP) is 4.86. The average molecular weight is 519 g/mol. The summed E-state index contributed by atoms with van der Waals surface area (Å²) in [6.07, 6.45) is 0.674. The first-order chi connectivity index (χ1) is 18.4. The minimum absolute atomic E-state index is 0.0281. The Kier molecular flexibility index (Phi) is 8.41. The van der Waals surface area contributed by atoms with Crippen LogP contribution < -0.4 is 23.8 Å². The topological polar surface area (TPSA) is 77.5 Å². The lowest BCUT2D eigenvalue weighted by atomic mass is 9.82. The van der Waals surface area contributed by atoms with E-state index >= 15 is 0 Å². The summed E-state index contributed by atoms with van der Waals surface area (Å²) in [6, 6.07) is 20.3. The Hall–Kier alpha value is -4.20. The van der Waals surface area contributed by atoms with Crippen LogP contribution in [0, 0.1) is 5.92 Å². The second-order valence-corrected chi connectivity index (χ2v) is 9.19. The molecular formula is C30H34N2O6. The molecule has 38 heavy (non-hydrogen) atoms. The first kappa shape index (κ1) is 26.9. The minimum atomic E-state index is -0.546. The van der Waals surface area contributed by atoms with Crippen LogP contribution in [0.1, 0.15) is 30.0 Å². The Bertz CT molecular complexity index is 1240. The quantitative estimate of drug-likeness (QED) is 0.403. The Morgan fingerprint density at radius 3 is 2.08 bits per heavy atom. The summed E-state index contributed by atoms with van der Waals surface area (Å²) >= 11 is 0. The molecule has 1 fully saturated rings. The number of nitrogens with zero attached hydrogens (tertiary/aromatic N) is 2. The number of hydrogen-bond acceptors (Lipinski definition) is 6. The van der Waals surface area contributed by atoms with E-state index in [2.05, 4.69) is 0 Å². The molecule has 3 aromatic carbocycles. The monoisotopic (exact) mass is 518 g/mol. The summed E-state index contributed by atoms with van der Waals surface area (Å²) in [5, 5.41) is 0. The van der Waals surface area contributed by atoms with E-state index in [9.17, 15) is 9.59 Å². The summed E-state index contributed by atoms with van der Waals surface area (Å²) in [4.78, 5) is 30.9. The Labute approximate surface area is 223 Å². The molecule has 200 valence electrons. The van der Waals surface area contributed by atoms with E-state index in [4.69, 9.17) is 18.9 Å². The van der Waals surface area contributed by atoms with Gasteiger partial charge in [0, 0.05) is 32.1 Å². The largest absolute Gasteiger partial charge is 0.497 e. The highest BCUT2D eigenvalue weighted by molar-refractivity contribution is 5.98. The molecule has 0 aromatic heterocycles. The van der Waals surface area contributed by atoms with Crippen molar-refractivity contribution in [3.05, 3.63) is 77.9 Å². The van der Waals surface area contributed by atoms with Gasteiger partial charge in [-0.3, -0.25) is 9.59 Å². The molecule has 1 saturated heterocycles. The number of carbonyl (C=O) groups is 2. The lowest BCUT2D eigenvalue weighted by Crippen LogP contribution is -2.48. The van der Waals surface area contributed by atoms with E-state index < -0.39 is 12.0 Å². The highest BCUT2D eigenvalue weighted by Crippen LogP contribution is 2.46. The molecule has 2 atom stereocenters. The SMILES string of the molecule is COc1ccc([C@H]2[C@@H](C(=O)N(C)Cc3ccccc3)CCC(=O)N2c2cc(OC)c(OC)c(OC)c2)cc1. The van der Waals surface area contributed by atoms with Crippen molar-refractivity contribution >= 4 is 17.5 Å². The van der Waals surface area contributed by atoms with Crippen molar-refractivity contribution in [1.82, 2.24) is 4.90 Å². The number of rotatable bonds is 9.